The minimum absolute atomic E-state index is 0.737. The largest absolute Gasteiger partial charge is 0.759 e. The van der Waals surface area contributed by atoms with Gasteiger partial charge in [-0.3, -0.25) is 0 Å². The van der Waals surface area contributed by atoms with Crippen molar-refractivity contribution in [3.8, 4) is 0 Å². The average molecular weight is 134 g/mol. The zero-order valence-electron chi connectivity index (χ0n) is 4.78. The van der Waals surface area contributed by atoms with Gasteiger partial charge in [-0.05, 0) is 20.3 Å². The number of nitrogens with zero attached hydrogens (tertiary/aromatic N) is 1. The van der Waals surface area contributed by atoms with Crippen LogP contribution in [0.5, 0.6) is 0 Å². The lowest BCUT2D eigenvalue weighted by molar-refractivity contribution is 1.78. The predicted octanol–water partition coefficient (Wildman–Crippen LogP) is 1.73. The molecule has 1 aromatic rings. The van der Waals surface area contributed by atoms with Crippen LogP contribution in [0.15, 0.2) is 30.3 Å². The molecular formula is C7H5NP-. The van der Waals surface area contributed by atoms with Crippen LogP contribution in [0.1, 0.15) is 0 Å². The quantitative estimate of drug-likeness (QED) is 0.412. The first-order valence-electron chi connectivity index (χ1n) is 2.58. The van der Waals surface area contributed by atoms with Gasteiger partial charge in [0, 0.05) is 5.30 Å². The fraction of sp³-hybridized carbons (Fsp3) is 0. The van der Waals surface area contributed by atoms with Crippen molar-refractivity contribution in [2.24, 2.45) is 0 Å². The van der Waals surface area contributed by atoms with Gasteiger partial charge >= 0.3 is 0 Å². The van der Waals surface area contributed by atoms with Crippen molar-refractivity contribution in [2.75, 3.05) is 0 Å². The van der Waals surface area contributed by atoms with Crippen LogP contribution < -0.4 is 5.30 Å². The van der Waals surface area contributed by atoms with E-state index < -0.39 is 0 Å². The van der Waals surface area contributed by atoms with E-state index in [2.05, 4.69) is 5.59 Å². The molecule has 0 radical (unpaired) electrons. The summed E-state index contributed by atoms with van der Waals surface area (Å²) in [6.07, 6.45) is 0. The summed E-state index contributed by atoms with van der Waals surface area (Å²) in [5.41, 5.74) is 2.06. The Morgan fingerprint density at radius 2 is 1.89 bits per heavy atom. The number of hydrogen-bond acceptors (Lipinski definition) is 0. The van der Waals surface area contributed by atoms with Crippen LogP contribution in [-0.4, -0.2) is 5.59 Å². The highest BCUT2D eigenvalue weighted by molar-refractivity contribution is 7.46. The first-order chi connectivity index (χ1) is 4.43. The summed E-state index contributed by atoms with van der Waals surface area (Å²) >= 11 is 0. The highest BCUT2D eigenvalue weighted by Crippen LogP contribution is 1.93. The van der Waals surface area contributed by atoms with Crippen LogP contribution in [0.4, 0.5) is 0 Å². The van der Waals surface area contributed by atoms with Crippen LogP contribution in [-0.2, 0) is 0 Å². The van der Waals surface area contributed by atoms with Crippen LogP contribution >= 0.6 is 8.20 Å². The summed E-state index contributed by atoms with van der Waals surface area (Å²) in [5, 5.41) is 9.31. The van der Waals surface area contributed by atoms with Crippen LogP contribution in [0.3, 0.4) is 0 Å². The van der Waals surface area contributed by atoms with Gasteiger partial charge in [0.15, 0.2) is 0 Å². The van der Waals surface area contributed by atoms with Crippen molar-refractivity contribution >= 4 is 19.1 Å². The van der Waals surface area contributed by atoms with E-state index in [4.69, 9.17) is 5.41 Å². The minimum atomic E-state index is 0.737. The molecule has 0 aliphatic rings. The van der Waals surface area contributed by atoms with Crippen molar-refractivity contribution in [3.63, 3.8) is 0 Å². The van der Waals surface area contributed by atoms with Gasteiger partial charge < -0.3 is 5.41 Å². The highest BCUT2D eigenvalue weighted by atomic mass is 31.1. The fourth-order valence-electron chi connectivity index (χ4n) is 0.560. The molecule has 44 valence electrons. The normalized spacial score (nSPS) is 8.89. The molecule has 0 bridgehead atoms. The minimum Gasteiger partial charge on any atom is -0.759 e. The third-order valence-electron chi connectivity index (χ3n) is 0.935. The SMILES string of the molecule is [N-]=C=Pc1ccccc1. The van der Waals surface area contributed by atoms with E-state index >= 15 is 0 Å². The Kier molecular flexibility index (Phi) is 2.21. The Morgan fingerprint density at radius 3 is 2.44 bits per heavy atom. The molecule has 0 saturated heterocycles. The second kappa shape index (κ2) is 3.19. The molecule has 0 unspecified atom stereocenters. The molecule has 0 amide bonds. The molecule has 0 aliphatic heterocycles. The Labute approximate surface area is 55.7 Å². The van der Waals surface area contributed by atoms with Crippen molar-refractivity contribution in [2.45, 2.75) is 0 Å². The fourth-order valence-corrected chi connectivity index (χ4v) is 0.997. The molecule has 9 heavy (non-hydrogen) atoms. The molecule has 0 spiro atoms. The predicted molar refractivity (Wildman–Crippen MR) is 41.4 cm³/mol. The van der Waals surface area contributed by atoms with Crippen LogP contribution in [0, 0.1) is 0 Å². The van der Waals surface area contributed by atoms with Crippen LogP contribution in [0.25, 0.3) is 5.41 Å². The molecule has 0 fully saturated rings. The monoisotopic (exact) mass is 134 g/mol. The van der Waals surface area contributed by atoms with Crippen molar-refractivity contribution in [3.05, 3.63) is 35.7 Å². The van der Waals surface area contributed by atoms with Gasteiger partial charge in [-0.15, -0.1) is 0 Å². The second-order valence-corrected chi connectivity index (χ2v) is 2.49. The smallest absolute Gasteiger partial charge is 0.00791 e. The van der Waals surface area contributed by atoms with E-state index in [0.29, 0.717) is 0 Å². The number of benzene rings is 1. The van der Waals surface area contributed by atoms with Gasteiger partial charge in [-0.25, -0.2) is 5.59 Å². The second-order valence-electron chi connectivity index (χ2n) is 1.55. The van der Waals surface area contributed by atoms with E-state index in [1.165, 1.54) is 0 Å². The summed E-state index contributed by atoms with van der Waals surface area (Å²) in [6, 6.07) is 9.67. The summed E-state index contributed by atoms with van der Waals surface area (Å²) in [4.78, 5) is 0. The summed E-state index contributed by atoms with van der Waals surface area (Å²) < 4.78 is 0. The lowest BCUT2D eigenvalue weighted by Crippen LogP contribution is -1.85. The Morgan fingerprint density at radius 1 is 1.22 bits per heavy atom. The van der Waals surface area contributed by atoms with Crippen molar-refractivity contribution in [1.82, 2.24) is 0 Å². The molecule has 0 N–H and O–H groups in total. The van der Waals surface area contributed by atoms with E-state index in [1.54, 1.807) is 0 Å². The van der Waals surface area contributed by atoms with Gasteiger partial charge in [0.25, 0.3) is 0 Å². The molecule has 0 atom stereocenters. The number of rotatable bonds is 1. The maximum absolute atomic E-state index is 8.26. The Hall–Kier alpha value is -0.900. The summed E-state index contributed by atoms with van der Waals surface area (Å²) in [7, 11) is 0.737. The molecule has 1 rings (SSSR count). The lowest BCUT2D eigenvalue weighted by Gasteiger charge is -1.85. The molecule has 0 heterocycles. The Balaban J connectivity index is 2.97. The molecule has 1 nitrogen and oxygen atoms in total. The van der Waals surface area contributed by atoms with Gasteiger partial charge in [-0.2, -0.15) is 0 Å². The zero-order chi connectivity index (χ0) is 6.53. The average Bonchev–Trinajstić information content (AvgIpc) is 1.91. The maximum Gasteiger partial charge on any atom is 0.00791 e. The van der Waals surface area contributed by atoms with Gasteiger partial charge in [-0.1, -0.05) is 18.2 Å². The first-order valence-corrected chi connectivity index (χ1v) is 3.48. The topological polar surface area (TPSA) is 22.3 Å². The lowest BCUT2D eigenvalue weighted by atomic mass is 10.4. The molecule has 0 aromatic heterocycles. The van der Waals surface area contributed by atoms with Gasteiger partial charge in [0.1, 0.15) is 0 Å². The first kappa shape index (κ1) is 6.22. The standard InChI is InChI=1S/C7H5NP/c8-6-9-7-4-2-1-3-5-7/h1-5H/q-1. The molecule has 0 aliphatic carbocycles. The molecule has 0 saturated carbocycles. The molecule has 1 aromatic carbocycles. The highest BCUT2D eigenvalue weighted by Gasteiger charge is 1.77. The van der Waals surface area contributed by atoms with Crippen molar-refractivity contribution in [1.29, 1.82) is 0 Å². The van der Waals surface area contributed by atoms with Gasteiger partial charge in [0.2, 0.25) is 0 Å². The van der Waals surface area contributed by atoms with Crippen LogP contribution in [0.2, 0.25) is 0 Å². The van der Waals surface area contributed by atoms with Crippen molar-refractivity contribution < 1.29 is 0 Å². The summed E-state index contributed by atoms with van der Waals surface area (Å²) in [6.45, 7) is 0. The third kappa shape index (κ3) is 1.81. The van der Waals surface area contributed by atoms with E-state index in [-0.39, 0.29) is 0 Å². The van der Waals surface area contributed by atoms with E-state index in [0.717, 1.165) is 13.5 Å². The van der Waals surface area contributed by atoms with E-state index in [9.17, 15) is 0 Å². The van der Waals surface area contributed by atoms with Gasteiger partial charge in [0.05, 0.1) is 0 Å². The third-order valence-corrected chi connectivity index (χ3v) is 1.59. The summed E-state index contributed by atoms with van der Waals surface area (Å²) in [5.74, 6) is 0. The number of hydrogen-bond donors (Lipinski definition) is 0. The maximum atomic E-state index is 8.26. The Bertz CT molecular complexity index is 224. The molecule has 2 heteroatoms. The zero-order valence-corrected chi connectivity index (χ0v) is 5.68. The van der Waals surface area contributed by atoms with E-state index in [1.807, 2.05) is 30.3 Å². The molecular weight excluding hydrogens is 129 g/mol.